The van der Waals surface area contributed by atoms with Crippen LogP contribution in [-0.4, -0.2) is 18.1 Å². The molecule has 0 saturated heterocycles. The van der Waals surface area contributed by atoms with Gasteiger partial charge in [0, 0.05) is 16.8 Å². The highest BCUT2D eigenvalue weighted by Crippen LogP contribution is 2.24. The van der Waals surface area contributed by atoms with Gasteiger partial charge in [0.25, 0.3) is 0 Å². The van der Waals surface area contributed by atoms with Crippen LogP contribution in [0.3, 0.4) is 0 Å². The van der Waals surface area contributed by atoms with E-state index in [1.165, 1.54) is 12.0 Å². The molecule has 0 fully saturated rings. The first-order valence-corrected chi connectivity index (χ1v) is 6.83. The number of aromatic nitrogens is 1. The molecule has 0 saturated carbocycles. The Morgan fingerprint density at radius 1 is 1.47 bits per heavy atom. The van der Waals surface area contributed by atoms with Gasteiger partial charge in [-0.1, -0.05) is 0 Å². The molecule has 2 aromatic rings. The number of carbonyl (C=O) groups is 1. The molecule has 0 aliphatic rings. The van der Waals surface area contributed by atoms with E-state index in [0.29, 0.717) is 5.56 Å². The molecule has 0 aliphatic carbocycles. The summed E-state index contributed by atoms with van der Waals surface area (Å²) in [6.07, 6.45) is 1.86. The van der Waals surface area contributed by atoms with Crippen molar-refractivity contribution in [2.45, 2.75) is 19.9 Å². The van der Waals surface area contributed by atoms with Crippen LogP contribution in [0, 0.1) is 6.92 Å². The van der Waals surface area contributed by atoms with Gasteiger partial charge in [-0.05, 0) is 37.6 Å². The van der Waals surface area contributed by atoms with Gasteiger partial charge in [-0.15, -0.1) is 11.3 Å². The minimum atomic E-state index is -0.315. The summed E-state index contributed by atoms with van der Waals surface area (Å²) in [5, 5.41) is 3.42. The predicted molar refractivity (Wildman–Crippen MR) is 76.7 cm³/mol. The number of hydrogen-bond acceptors (Lipinski definition) is 5. The summed E-state index contributed by atoms with van der Waals surface area (Å²) in [7, 11) is 1.38. The summed E-state index contributed by atoms with van der Waals surface area (Å²) in [6, 6.07) is 5.68. The molecule has 0 aliphatic heterocycles. The fourth-order valence-electron chi connectivity index (χ4n) is 1.81. The van der Waals surface area contributed by atoms with E-state index >= 15 is 0 Å². The fourth-order valence-corrected chi connectivity index (χ4v) is 2.44. The molecular formula is C14H16N2O2S. The largest absolute Gasteiger partial charge is 0.465 e. The fraction of sp³-hybridized carbons (Fsp3) is 0.286. The Kier molecular flexibility index (Phi) is 4.16. The molecule has 4 nitrogen and oxygen atoms in total. The van der Waals surface area contributed by atoms with Crippen molar-refractivity contribution >= 4 is 23.0 Å². The molecule has 2 rings (SSSR count). The summed E-state index contributed by atoms with van der Waals surface area (Å²) >= 11 is 1.62. The zero-order valence-electron chi connectivity index (χ0n) is 11.1. The molecule has 0 bridgehead atoms. The second-order valence-electron chi connectivity index (χ2n) is 4.29. The Labute approximate surface area is 116 Å². The zero-order chi connectivity index (χ0) is 13.8. The van der Waals surface area contributed by atoms with Gasteiger partial charge in [-0.3, -0.25) is 4.98 Å². The number of nitrogens with one attached hydrogen (secondary N) is 1. The van der Waals surface area contributed by atoms with Gasteiger partial charge in [-0.2, -0.15) is 0 Å². The van der Waals surface area contributed by atoms with Gasteiger partial charge in [0.05, 0.1) is 24.2 Å². The predicted octanol–water partition coefficient (Wildman–Crippen LogP) is 3.41. The van der Waals surface area contributed by atoms with Crippen molar-refractivity contribution < 1.29 is 9.53 Å². The van der Waals surface area contributed by atoms with Crippen molar-refractivity contribution in [3.05, 3.63) is 45.9 Å². The van der Waals surface area contributed by atoms with E-state index in [4.69, 9.17) is 4.74 Å². The highest BCUT2D eigenvalue weighted by atomic mass is 32.1. The number of rotatable bonds is 4. The first-order valence-electron chi connectivity index (χ1n) is 5.95. The Morgan fingerprint density at radius 3 is 2.84 bits per heavy atom. The van der Waals surface area contributed by atoms with E-state index in [2.05, 4.69) is 17.2 Å². The van der Waals surface area contributed by atoms with E-state index in [-0.39, 0.29) is 12.0 Å². The number of ether oxygens (including phenoxy) is 1. The molecule has 0 radical (unpaired) electrons. The van der Waals surface area contributed by atoms with Crippen molar-refractivity contribution in [1.82, 2.24) is 4.98 Å². The second kappa shape index (κ2) is 5.84. The molecular weight excluding hydrogens is 260 g/mol. The van der Waals surface area contributed by atoms with Gasteiger partial charge in [0.15, 0.2) is 0 Å². The summed E-state index contributed by atoms with van der Waals surface area (Å²) in [5.74, 6) is -0.315. The van der Waals surface area contributed by atoms with E-state index < -0.39 is 0 Å². The molecule has 0 amide bonds. The number of anilines is 1. The van der Waals surface area contributed by atoms with Crippen molar-refractivity contribution in [3.63, 3.8) is 0 Å². The molecule has 0 spiro atoms. The standard InChI is InChI=1S/C14H16N2O2S/c1-9-6-11(14(17)18-3)4-5-12(9)16-10(2)13-7-15-8-19-13/h4-8,10,16H,1-3H3. The Balaban J connectivity index is 2.15. The number of benzene rings is 1. The van der Waals surface area contributed by atoms with Crippen LogP contribution in [0.15, 0.2) is 29.9 Å². The van der Waals surface area contributed by atoms with Crippen LogP contribution in [0.25, 0.3) is 0 Å². The van der Waals surface area contributed by atoms with Crippen molar-refractivity contribution in [1.29, 1.82) is 0 Å². The molecule has 1 aromatic heterocycles. The van der Waals surface area contributed by atoms with Gasteiger partial charge in [0.1, 0.15) is 0 Å². The lowest BCUT2D eigenvalue weighted by molar-refractivity contribution is 0.0600. The first kappa shape index (κ1) is 13.5. The molecule has 1 unspecified atom stereocenters. The monoisotopic (exact) mass is 276 g/mol. The highest BCUT2D eigenvalue weighted by Gasteiger charge is 2.11. The van der Waals surface area contributed by atoms with Gasteiger partial charge in [-0.25, -0.2) is 4.79 Å². The normalized spacial score (nSPS) is 11.9. The van der Waals surface area contributed by atoms with Gasteiger partial charge >= 0.3 is 5.97 Å². The van der Waals surface area contributed by atoms with Crippen LogP contribution in [-0.2, 0) is 4.74 Å². The lowest BCUT2D eigenvalue weighted by atomic mass is 10.1. The van der Waals surface area contributed by atoms with Crippen molar-refractivity contribution in [2.75, 3.05) is 12.4 Å². The minimum absolute atomic E-state index is 0.190. The summed E-state index contributed by atoms with van der Waals surface area (Å²) in [6.45, 7) is 4.05. The number of esters is 1. The van der Waals surface area contributed by atoms with E-state index in [1.54, 1.807) is 17.4 Å². The average molecular weight is 276 g/mol. The maximum Gasteiger partial charge on any atom is 0.337 e. The van der Waals surface area contributed by atoms with Crippen LogP contribution in [0.2, 0.25) is 0 Å². The van der Waals surface area contributed by atoms with Crippen LogP contribution in [0.5, 0.6) is 0 Å². The molecule has 1 atom stereocenters. The average Bonchev–Trinajstić information content (AvgIpc) is 2.94. The number of methoxy groups -OCH3 is 1. The van der Waals surface area contributed by atoms with Crippen LogP contribution in [0.1, 0.15) is 33.8 Å². The molecule has 100 valence electrons. The number of nitrogens with zero attached hydrogens (tertiary/aromatic N) is 1. The first-order chi connectivity index (χ1) is 9.11. The van der Waals surface area contributed by atoms with E-state index in [0.717, 1.165) is 11.3 Å². The van der Waals surface area contributed by atoms with Crippen LogP contribution >= 0.6 is 11.3 Å². The maximum atomic E-state index is 11.4. The SMILES string of the molecule is COC(=O)c1ccc(NC(C)c2cncs2)c(C)c1. The van der Waals surface area contributed by atoms with E-state index in [1.807, 2.05) is 30.8 Å². The summed E-state index contributed by atoms with van der Waals surface area (Å²) in [5.41, 5.74) is 4.41. The van der Waals surface area contributed by atoms with Crippen molar-refractivity contribution in [2.24, 2.45) is 0 Å². The third-order valence-corrected chi connectivity index (χ3v) is 3.86. The lowest BCUT2D eigenvalue weighted by Crippen LogP contribution is -2.07. The molecule has 5 heteroatoms. The van der Waals surface area contributed by atoms with Gasteiger partial charge in [0.2, 0.25) is 0 Å². The maximum absolute atomic E-state index is 11.4. The number of thiazole rings is 1. The second-order valence-corrected chi connectivity index (χ2v) is 5.21. The Morgan fingerprint density at radius 2 is 2.26 bits per heavy atom. The third-order valence-electron chi connectivity index (χ3n) is 2.90. The Bertz CT molecular complexity index is 567. The number of aryl methyl sites for hydroxylation is 1. The zero-order valence-corrected chi connectivity index (χ0v) is 12.0. The molecule has 1 N–H and O–H groups in total. The summed E-state index contributed by atoms with van der Waals surface area (Å²) in [4.78, 5) is 16.7. The third kappa shape index (κ3) is 3.12. The smallest absolute Gasteiger partial charge is 0.337 e. The van der Waals surface area contributed by atoms with E-state index in [9.17, 15) is 4.79 Å². The number of carbonyl (C=O) groups excluding carboxylic acids is 1. The van der Waals surface area contributed by atoms with Crippen LogP contribution < -0.4 is 5.32 Å². The lowest BCUT2D eigenvalue weighted by Gasteiger charge is -2.16. The topological polar surface area (TPSA) is 51.2 Å². The molecule has 1 heterocycles. The molecule has 1 aromatic carbocycles. The quantitative estimate of drug-likeness (QED) is 0.869. The summed E-state index contributed by atoms with van der Waals surface area (Å²) < 4.78 is 4.71. The van der Waals surface area contributed by atoms with Gasteiger partial charge < -0.3 is 10.1 Å². The van der Waals surface area contributed by atoms with Crippen LogP contribution in [0.4, 0.5) is 5.69 Å². The molecule has 19 heavy (non-hydrogen) atoms. The number of hydrogen-bond donors (Lipinski definition) is 1. The van der Waals surface area contributed by atoms with Crippen molar-refractivity contribution in [3.8, 4) is 0 Å². The minimum Gasteiger partial charge on any atom is -0.465 e. The Hall–Kier alpha value is -1.88. The highest BCUT2D eigenvalue weighted by molar-refractivity contribution is 7.09.